The van der Waals surface area contributed by atoms with Gasteiger partial charge in [-0.15, -0.1) is 0 Å². The first-order valence-electron chi connectivity index (χ1n) is 8.83. The third-order valence-corrected chi connectivity index (χ3v) is 5.21. The molecule has 1 aromatic heterocycles. The molecule has 142 valence electrons. The maximum absolute atomic E-state index is 12.7. The molecule has 0 saturated heterocycles. The third kappa shape index (κ3) is 5.23. The minimum atomic E-state index is -0.372. The van der Waals surface area contributed by atoms with E-state index in [-0.39, 0.29) is 17.7 Å². The van der Waals surface area contributed by atoms with Gasteiger partial charge in [-0.25, -0.2) is 4.99 Å². The summed E-state index contributed by atoms with van der Waals surface area (Å²) in [5.74, 6) is 0.318. The minimum absolute atomic E-state index is 0.00538. The van der Waals surface area contributed by atoms with E-state index in [4.69, 9.17) is 16.6 Å². The molecule has 0 fully saturated rings. The SMILES string of the molecule is O=C(CCCCCN1C(=O)C2C=C(Br)C=CC2=NC1=S)NCc1ccco1. The second-order valence-electron chi connectivity index (χ2n) is 6.34. The van der Waals surface area contributed by atoms with Crippen LogP contribution in [-0.2, 0) is 16.1 Å². The number of furan rings is 1. The summed E-state index contributed by atoms with van der Waals surface area (Å²) in [5.41, 5.74) is 0.692. The molecule has 1 N–H and O–H groups in total. The van der Waals surface area contributed by atoms with E-state index in [0.717, 1.165) is 29.5 Å². The summed E-state index contributed by atoms with van der Waals surface area (Å²) in [6.45, 7) is 0.926. The lowest BCUT2D eigenvalue weighted by molar-refractivity contribution is -0.128. The summed E-state index contributed by atoms with van der Waals surface area (Å²) in [6, 6.07) is 3.61. The van der Waals surface area contributed by atoms with Crippen LogP contribution in [0.2, 0.25) is 0 Å². The number of rotatable bonds is 8. The van der Waals surface area contributed by atoms with Crippen LogP contribution in [0.1, 0.15) is 31.4 Å². The molecule has 1 aliphatic carbocycles. The lowest BCUT2D eigenvalue weighted by atomic mass is 9.95. The van der Waals surface area contributed by atoms with Gasteiger partial charge in [-0.1, -0.05) is 28.4 Å². The maximum atomic E-state index is 12.7. The zero-order chi connectivity index (χ0) is 19.2. The number of hydrogen-bond acceptors (Lipinski definition) is 4. The molecule has 1 unspecified atom stereocenters. The number of fused-ring (bicyclic) bond motifs is 1. The average molecular weight is 450 g/mol. The minimum Gasteiger partial charge on any atom is -0.467 e. The molecule has 2 aliphatic rings. The summed E-state index contributed by atoms with van der Waals surface area (Å²) in [5, 5.41) is 3.14. The van der Waals surface area contributed by atoms with Crippen LogP contribution in [0.25, 0.3) is 0 Å². The molecule has 2 heterocycles. The molecule has 8 heteroatoms. The number of unbranched alkanes of at least 4 members (excludes halogenated alkanes) is 2. The van der Waals surface area contributed by atoms with Crippen molar-refractivity contribution in [3.63, 3.8) is 0 Å². The van der Waals surface area contributed by atoms with Crippen LogP contribution in [0.3, 0.4) is 0 Å². The summed E-state index contributed by atoms with van der Waals surface area (Å²) in [6.07, 6.45) is 9.92. The van der Waals surface area contributed by atoms with Gasteiger partial charge in [-0.05, 0) is 49.3 Å². The summed E-state index contributed by atoms with van der Waals surface area (Å²) < 4.78 is 6.04. The van der Waals surface area contributed by atoms with Gasteiger partial charge in [0.15, 0.2) is 0 Å². The third-order valence-electron chi connectivity index (χ3n) is 4.37. The van der Waals surface area contributed by atoms with Gasteiger partial charge in [0, 0.05) is 17.4 Å². The van der Waals surface area contributed by atoms with Crippen LogP contribution < -0.4 is 5.32 Å². The fourth-order valence-corrected chi connectivity index (χ4v) is 3.61. The standard InChI is InChI=1S/C19H20BrN3O3S/c20-13-7-8-16-15(11-13)18(25)23(19(27)22-16)9-3-1-2-6-17(24)21-12-14-5-4-10-26-14/h4-5,7-8,10-11,15H,1-3,6,9,12H2,(H,21,24). The maximum Gasteiger partial charge on any atom is 0.241 e. The lowest BCUT2D eigenvalue weighted by Gasteiger charge is -2.30. The van der Waals surface area contributed by atoms with Crippen LogP contribution >= 0.6 is 28.1 Å². The number of allylic oxidation sites excluding steroid dienone is 3. The highest BCUT2D eigenvalue weighted by Crippen LogP contribution is 2.25. The van der Waals surface area contributed by atoms with E-state index in [2.05, 4.69) is 26.2 Å². The molecule has 3 rings (SSSR count). The molecular formula is C19H20BrN3O3S. The summed E-state index contributed by atoms with van der Waals surface area (Å²) in [7, 11) is 0. The molecule has 27 heavy (non-hydrogen) atoms. The average Bonchev–Trinajstić information content (AvgIpc) is 3.16. The van der Waals surface area contributed by atoms with E-state index in [1.807, 2.05) is 24.3 Å². The first-order chi connectivity index (χ1) is 13.0. The summed E-state index contributed by atoms with van der Waals surface area (Å²) in [4.78, 5) is 30.4. The van der Waals surface area contributed by atoms with Crippen molar-refractivity contribution in [2.45, 2.75) is 32.2 Å². The molecular weight excluding hydrogens is 430 g/mol. The van der Waals surface area contributed by atoms with Gasteiger partial charge in [0.2, 0.25) is 16.9 Å². The van der Waals surface area contributed by atoms with Crippen LogP contribution in [-0.4, -0.2) is 34.1 Å². The van der Waals surface area contributed by atoms with Crippen molar-refractivity contribution in [3.8, 4) is 0 Å². The summed E-state index contributed by atoms with van der Waals surface area (Å²) >= 11 is 8.67. The van der Waals surface area contributed by atoms with Crippen molar-refractivity contribution < 1.29 is 14.0 Å². The number of halogens is 1. The molecule has 0 spiro atoms. The highest BCUT2D eigenvalue weighted by molar-refractivity contribution is 9.11. The Labute approximate surface area is 171 Å². The molecule has 1 aliphatic heterocycles. The molecule has 1 atom stereocenters. The monoisotopic (exact) mass is 449 g/mol. The van der Waals surface area contributed by atoms with Crippen LogP contribution in [0.15, 0.2) is 50.5 Å². The van der Waals surface area contributed by atoms with E-state index < -0.39 is 0 Å². The molecule has 0 bridgehead atoms. The molecule has 1 aromatic rings. The van der Waals surface area contributed by atoms with Crippen molar-refractivity contribution in [1.29, 1.82) is 0 Å². The van der Waals surface area contributed by atoms with Gasteiger partial charge < -0.3 is 9.73 Å². The quantitative estimate of drug-likeness (QED) is 0.486. The Bertz CT molecular complexity index is 814. The smallest absolute Gasteiger partial charge is 0.241 e. The number of thiocarbonyl (C=S) groups is 1. The Kier molecular flexibility index (Phi) is 6.73. The van der Waals surface area contributed by atoms with Crippen molar-refractivity contribution in [1.82, 2.24) is 10.2 Å². The number of aliphatic imine (C=N–C) groups is 1. The first-order valence-corrected chi connectivity index (χ1v) is 10.0. The number of nitrogens with one attached hydrogen (secondary N) is 1. The van der Waals surface area contributed by atoms with E-state index in [1.54, 1.807) is 17.2 Å². The predicted molar refractivity (Wildman–Crippen MR) is 110 cm³/mol. The lowest BCUT2D eigenvalue weighted by Crippen LogP contribution is -2.46. The van der Waals surface area contributed by atoms with Crippen LogP contribution in [0.4, 0.5) is 0 Å². The Balaban J connectivity index is 1.38. The number of amides is 2. The van der Waals surface area contributed by atoms with E-state index in [1.165, 1.54) is 0 Å². The van der Waals surface area contributed by atoms with E-state index in [0.29, 0.717) is 30.3 Å². The van der Waals surface area contributed by atoms with Gasteiger partial charge >= 0.3 is 0 Å². The Morgan fingerprint density at radius 3 is 2.96 bits per heavy atom. The Morgan fingerprint density at radius 1 is 1.33 bits per heavy atom. The predicted octanol–water partition coefficient (Wildman–Crippen LogP) is 3.49. The van der Waals surface area contributed by atoms with Gasteiger partial charge in [0.1, 0.15) is 11.7 Å². The van der Waals surface area contributed by atoms with Crippen molar-refractivity contribution in [2.24, 2.45) is 10.9 Å². The Hall–Kier alpha value is -2.06. The highest BCUT2D eigenvalue weighted by Gasteiger charge is 2.34. The molecule has 6 nitrogen and oxygen atoms in total. The van der Waals surface area contributed by atoms with Crippen LogP contribution in [0.5, 0.6) is 0 Å². The zero-order valence-corrected chi connectivity index (χ0v) is 17.1. The van der Waals surface area contributed by atoms with Crippen molar-refractivity contribution >= 4 is 50.8 Å². The zero-order valence-electron chi connectivity index (χ0n) is 14.7. The van der Waals surface area contributed by atoms with Gasteiger partial charge in [0.25, 0.3) is 0 Å². The second-order valence-corrected chi connectivity index (χ2v) is 7.62. The number of carbonyl (C=O) groups excluding carboxylic acids is 2. The number of nitrogens with zero attached hydrogens (tertiary/aromatic N) is 2. The largest absolute Gasteiger partial charge is 0.467 e. The fraction of sp³-hybridized carbons (Fsp3) is 0.368. The van der Waals surface area contributed by atoms with Gasteiger partial charge in [0.05, 0.1) is 18.5 Å². The van der Waals surface area contributed by atoms with E-state index >= 15 is 0 Å². The molecule has 0 aromatic carbocycles. The van der Waals surface area contributed by atoms with Crippen LogP contribution in [0, 0.1) is 5.92 Å². The topological polar surface area (TPSA) is 74.9 Å². The molecule has 0 saturated carbocycles. The normalized spacial score (nSPS) is 18.9. The van der Waals surface area contributed by atoms with E-state index in [9.17, 15) is 9.59 Å². The highest BCUT2D eigenvalue weighted by atomic mass is 79.9. The number of carbonyl (C=O) groups is 2. The first kappa shape index (κ1) is 19.7. The van der Waals surface area contributed by atoms with Crippen molar-refractivity contribution in [3.05, 3.63) is 46.9 Å². The fourth-order valence-electron chi connectivity index (χ4n) is 2.93. The Morgan fingerprint density at radius 2 is 2.19 bits per heavy atom. The number of hydrogen-bond donors (Lipinski definition) is 1. The molecule has 0 radical (unpaired) electrons. The second kappa shape index (κ2) is 9.23. The van der Waals surface area contributed by atoms with Crippen molar-refractivity contribution in [2.75, 3.05) is 6.54 Å². The molecule has 2 amide bonds. The van der Waals surface area contributed by atoms with Gasteiger partial charge in [-0.3, -0.25) is 14.5 Å². The van der Waals surface area contributed by atoms with Gasteiger partial charge in [-0.2, -0.15) is 0 Å².